The van der Waals surface area contributed by atoms with E-state index in [1.807, 2.05) is 0 Å². The van der Waals surface area contributed by atoms with Gasteiger partial charge in [-0.2, -0.15) is 0 Å². The second-order valence-electron chi connectivity index (χ2n) is 5.29. The molecule has 0 amide bonds. The van der Waals surface area contributed by atoms with Crippen molar-refractivity contribution in [3.63, 3.8) is 0 Å². The molecule has 0 aliphatic carbocycles. The van der Waals surface area contributed by atoms with Crippen molar-refractivity contribution < 1.29 is 0 Å². The van der Waals surface area contributed by atoms with Crippen LogP contribution in [0.15, 0.2) is 0 Å². The fraction of sp³-hybridized carbons (Fsp3) is 1.00. The maximum atomic E-state index is 7.87. The van der Waals surface area contributed by atoms with Crippen molar-refractivity contribution in [3.8, 4) is 0 Å². The van der Waals surface area contributed by atoms with Crippen LogP contribution in [0.5, 0.6) is 0 Å². The second-order valence-corrected chi connectivity index (χ2v) is 6.94. The molecular formula is C10H20N2S. The van der Waals surface area contributed by atoms with E-state index in [0.29, 0.717) is 5.54 Å². The molecular weight excluding hydrogens is 180 g/mol. The quantitative estimate of drug-likeness (QED) is 0.636. The summed E-state index contributed by atoms with van der Waals surface area (Å²) in [4.78, 5) is 2.67. The Morgan fingerprint density at radius 3 is 2.00 bits per heavy atom. The third kappa shape index (κ3) is 1.68. The fourth-order valence-corrected chi connectivity index (χ4v) is 4.64. The van der Waals surface area contributed by atoms with Crippen molar-refractivity contribution in [2.45, 2.75) is 51.2 Å². The SMILES string of the molecule is CC(C)(C)N1C2CCC1CS(=N)C2. The molecule has 0 aromatic heterocycles. The van der Waals surface area contributed by atoms with E-state index in [9.17, 15) is 0 Å². The van der Waals surface area contributed by atoms with E-state index in [2.05, 4.69) is 25.7 Å². The molecule has 1 N–H and O–H groups in total. The average molecular weight is 200 g/mol. The van der Waals surface area contributed by atoms with Crippen LogP contribution < -0.4 is 0 Å². The zero-order valence-corrected chi connectivity index (χ0v) is 9.66. The van der Waals surface area contributed by atoms with Crippen LogP contribution in [0.4, 0.5) is 0 Å². The van der Waals surface area contributed by atoms with Crippen molar-refractivity contribution in [3.05, 3.63) is 0 Å². The molecule has 2 bridgehead atoms. The van der Waals surface area contributed by atoms with E-state index in [1.165, 1.54) is 12.8 Å². The molecule has 2 atom stereocenters. The summed E-state index contributed by atoms with van der Waals surface area (Å²) in [6.07, 6.45) is 2.68. The van der Waals surface area contributed by atoms with Gasteiger partial charge in [-0.25, -0.2) is 0 Å². The van der Waals surface area contributed by atoms with Crippen LogP contribution in [0.25, 0.3) is 0 Å². The van der Waals surface area contributed by atoms with Gasteiger partial charge in [0.2, 0.25) is 0 Å². The van der Waals surface area contributed by atoms with E-state index < -0.39 is 0 Å². The lowest BCUT2D eigenvalue weighted by molar-refractivity contribution is 0.0898. The standard InChI is InChI=1S/C10H20N2S/c1-10(2,3)12-8-4-5-9(12)7-13(11)6-8/h8-9,11H,4-7H2,1-3H3. The fourth-order valence-electron chi connectivity index (χ4n) is 2.92. The van der Waals surface area contributed by atoms with Crippen LogP contribution in [0.3, 0.4) is 0 Å². The Morgan fingerprint density at radius 1 is 1.15 bits per heavy atom. The highest BCUT2D eigenvalue weighted by Crippen LogP contribution is 2.35. The van der Waals surface area contributed by atoms with Crippen LogP contribution in [-0.2, 0) is 10.7 Å². The summed E-state index contributed by atoms with van der Waals surface area (Å²) < 4.78 is 7.87. The van der Waals surface area contributed by atoms with Gasteiger partial charge in [0.25, 0.3) is 0 Å². The van der Waals surface area contributed by atoms with Crippen molar-refractivity contribution in [2.24, 2.45) is 0 Å². The minimum Gasteiger partial charge on any atom is -0.291 e. The van der Waals surface area contributed by atoms with Crippen molar-refractivity contribution in [1.29, 1.82) is 4.78 Å². The normalized spacial score (nSPS) is 41.0. The number of hydrogen-bond acceptors (Lipinski definition) is 2. The molecule has 0 saturated carbocycles. The van der Waals surface area contributed by atoms with Crippen molar-refractivity contribution in [1.82, 2.24) is 4.90 Å². The highest BCUT2D eigenvalue weighted by Gasteiger charge is 2.43. The lowest BCUT2D eigenvalue weighted by Crippen LogP contribution is -2.55. The number of fused-ring (bicyclic) bond motifs is 2. The van der Waals surface area contributed by atoms with E-state index in [-0.39, 0.29) is 10.7 Å². The first kappa shape index (κ1) is 9.66. The summed E-state index contributed by atoms with van der Waals surface area (Å²) in [7, 11) is -0.0351. The van der Waals surface area contributed by atoms with Crippen molar-refractivity contribution >= 4 is 10.7 Å². The Kier molecular flexibility index (Phi) is 2.27. The summed E-state index contributed by atoms with van der Waals surface area (Å²) in [5.41, 5.74) is 0.316. The lowest BCUT2D eigenvalue weighted by atomic mass is 10.0. The van der Waals surface area contributed by atoms with Gasteiger partial charge in [-0.15, -0.1) is 10.7 Å². The number of hydrogen-bond donors (Lipinski definition) is 1. The first-order valence-corrected chi connectivity index (χ1v) is 6.72. The highest BCUT2D eigenvalue weighted by molar-refractivity contribution is 7.86. The summed E-state index contributed by atoms with van der Waals surface area (Å²) in [6, 6.07) is 1.44. The molecule has 2 aliphatic rings. The van der Waals surface area contributed by atoms with Gasteiger partial charge >= 0.3 is 0 Å². The molecule has 0 aromatic carbocycles. The first-order chi connectivity index (χ1) is 5.98. The molecule has 2 nitrogen and oxygen atoms in total. The molecule has 2 fully saturated rings. The van der Waals surface area contributed by atoms with E-state index >= 15 is 0 Å². The summed E-state index contributed by atoms with van der Waals surface area (Å²) in [6.45, 7) is 6.93. The molecule has 0 radical (unpaired) electrons. The molecule has 0 spiro atoms. The zero-order chi connectivity index (χ0) is 9.64. The van der Waals surface area contributed by atoms with Gasteiger partial charge < -0.3 is 0 Å². The predicted molar refractivity (Wildman–Crippen MR) is 58.2 cm³/mol. The van der Waals surface area contributed by atoms with Crippen LogP contribution >= 0.6 is 0 Å². The Hall–Kier alpha value is 0.110. The van der Waals surface area contributed by atoms with Crippen molar-refractivity contribution in [2.75, 3.05) is 11.5 Å². The molecule has 0 aromatic rings. The number of nitrogens with one attached hydrogen (secondary N) is 1. The Bertz CT molecular complexity index is 216. The van der Waals surface area contributed by atoms with E-state index in [4.69, 9.17) is 4.78 Å². The summed E-state index contributed by atoms with van der Waals surface area (Å²) in [5.74, 6) is 2.27. The topological polar surface area (TPSA) is 27.1 Å². The molecule has 13 heavy (non-hydrogen) atoms. The smallest absolute Gasteiger partial charge is 0.0204 e. The molecule has 3 heteroatoms. The van der Waals surface area contributed by atoms with Gasteiger partial charge in [0.15, 0.2) is 0 Å². The molecule has 2 aliphatic heterocycles. The Morgan fingerprint density at radius 2 is 1.62 bits per heavy atom. The van der Waals surface area contributed by atoms with Crippen LogP contribution in [0, 0.1) is 4.78 Å². The van der Waals surface area contributed by atoms with Gasteiger partial charge in [-0.05, 0) is 33.6 Å². The van der Waals surface area contributed by atoms with Crippen LogP contribution in [-0.4, -0.2) is 34.0 Å². The van der Waals surface area contributed by atoms with Crippen LogP contribution in [0.1, 0.15) is 33.6 Å². The molecule has 2 rings (SSSR count). The Balaban J connectivity index is 2.19. The third-order valence-corrected chi connectivity index (χ3v) is 4.76. The second kappa shape index (κ2) is 3.06. The third-order valence-electron chi connectivity index (χ3n) is 3.18. The average Bonchev–Trinajstić information content (AvgIpc) is 2.23. The minimum absolute atomic E-state index is 0.0351. The highest BCUT2D eigenvalue weighted by atomic mass is 32.2. The van der Waals surface area contributed by atoms with Gasteiger partial charge in [-0.1, -0.05) is 0 Å². The maximum absolute atomic E-state index is 7.87. The summed E-state index contributed by atoms with van der Waals surface area (Å²) >= 11 is 0. The van der Waals surface area contributed by atoms with E-state index in [0.717, 1.165) is 23.6 Å². The van der Waals surface area contributed by atoms with E-state index in [1.54, 1.807) is 0 Å². The number of rotatable bonds is 0. The van der Waals surface area contributed by atoms with Gasteiger partial charge in [0.05, 0.1) is 0 Å². The van der Waals surface area contributed by atoms with Crippen LogP contribution in [0.2, 0.25) is 0 Å². The molecule has 76 valence electrons. The maximum Gasteiger partial charge on any atom is 0.0204 e. The predicted octanol–water partition coefficient (Wildman–Crippen LogP) is 2.01. The Labute approximate surface area is 83.6 Å². The molecule has 2 saturated heterocycles. The molecule has 2 heterocycles. The van der Waals surface area contributed by atoms with Gasteiger partial charge in [-0.3, -0.25) is 9.68 Å². The zero-order valence-electron chi connectivity index (χ0n) is 8.84. The first-order valence-electron chi connectivity index (χ1n) is 5.15. The molecule has 2 unspecified atom stereocenters. The van der Waals surface area contributed by atoms with Gasteiger partial charge in [0.1, 0.15) is 0 Å². The lowest BCUT2D eigenvalue weighted by Gasteiger charge is -2.44. The monoisotopic (exact) mass is 200 g/mol. The largest absolute Gasteiger partial charge is 0.291 e. The summed E-state index contributed by atoms with van der Waals surface area (Å²) in [5, 5.41) is 0. The van der Waals surface area contributed by atoms with Gasteiger partial charge in [0, 0.05) is 29.1 Å². The minimum atomic E-state index is -0.0351. The number of nitrogens with zero attached hydrogens (tertiary/aromatic N) is 1.